The zero-order valence-electron chi connectivity index (χ0n) is 23.4. The Balaban J connectivity index is 1.49. The van der Waals surface area contributed by atoms with Crippen LogP contribution >= 0.6 is 0 Å². The summed E-state index contributed by atoms with van der Waals surface area (Å²) in [7, 11) is -3.67. The molecule has 2 aliphatic rings. The maximum absolute atomic E-state index is 12.9. The topological polar surface area (TPSA) is 116 Å². The minimum atomic E-state index is -3.67. The number of carbonyl (C=O) groups excluding carboxylic acids is 1. The van der Waals surface area contributed by atoms with Gasteiger partial charge in [-0.3, -0.25) is 0 Å². The zero-order chi connectivity index (χ0) is 28.7. The highest BCUT2D eigenvalue weighted by atomic mass is 32.2. The molecule has 1 aliphatic carbocycles. The number of rotatable bonds is 4. The number of nitrogens with zero attached hydrogens (tertiary/aromatic N) is 5. The number of hydrogen-bond donors (Lipinski definition) is 0. The van der Waals surface area contributed by atoms with Crippen LogP contribution in [-0.4, -0.2) is 66.9 Å². The van der Waals surface area contributed by atoms with Gasteiger partial charge in [-0.25, -0.2) is 23.2 Å². The number of hydrogen-bond acceptors (Lipinski definition) is 8. The van der Waals surface area contributed by atoms with Gasteiger partial charge in [-0.2, -0.15) is 5.26 Å². The Labute approximate surface area is 235 Å². The quantitative estimate of drug-likeness (QED) is 0.423. The van der Waals surface area contributed by atoms with Crippen molar-refractivity contribution in [3.63, 3.8) is 0 Å². The van der Waals surface area contributed by atoms with E-state index in [1.165, 1.54) is 16.3 Å². The van der Waals surface area contributed by atoms with Gasteiger partial charge in [0.15, 0.2) is 0 Å². The summed E-state index contributed by atoms with van der Waals surface area (Å²) in [5, 5.41) is 11.7. The van der Waals surface area contributed by atoms with Crippen LogP contribution in [0, 0.1) is 11.3 Å². The van der Waals surface area contributed by atoms with E-state index < -0.39 is 27.6 Å². The molecule has 2 aromatic carbocycles. The SMILES string of the molecule is CC(C)(C)OC(=O)N1CCN(c2nc(S(C)(=O)=O)nc3c2CCC(c2cccc4ccccc24)C3)CC1CC#N. The number of amides is 1. The van der Waals surface area contributed by atoms with Crippen molar-refractivity contribution in [1.29, 1.82) is 5.26 Å². The van der Waals surface area contributed by atoms with Crippen LogP contribution in [0.15, 0.2) is 47.6 Å². The predicted octanol–water partition coefficient (Wildman–Crippen LogP) is 4.65. The van der Waals surface area contributed by atoms with E-state index in [0.29, 0.717) is 38.3 Å². The monoisotopic (exact) mass is 561 g/mol. The van der Waals surface area contributed by atoms with Gasteiger partial charge >= 0.3 is 6.09 Å². The fourth-order valence-electron chi connectivity index (χ4n) is 5.76. The second-order valence-electron chi connectivity index (χ2n) is 11.7. The molecule has 0 saturated carbocycles. The van der Waals surface area contributed by atoms with Crippen LogP contribution in [0.1, 0.15) is 56.4 Å². The molecule has 2 atom stereocenters. The number of fused-ring (bicyclic) bond motifs is 2. The first-order chi connectivity index (χ1) is 18.9. The van der Waals surface area contributed by atoms with Crippen molar-refractivity contribution in [3.8, 4) is 6.07 Å². The Hall–Kier alpha value is -3.71. The molecule has 40 heavy (non-hydrogen) atoms. The lowest BCUT2D eigenvalue weighted by molar-refractivity contribution is 0.0144. The van der Waals surface area contributed by atoms with Crippen molar-refractivity contribution in [2.75, 3.05) is 30.8 Å². The average Bonchev–Trinajstić information content (AvgIpc) is 2.90. The first-order valence-electron chi connectivity index (χ1n) is 13.6. The molecule has 1 aliphatic heterocycles. The predicted molar refractivity (Wildman–Crippen MR) is 153 cm³/mol. The van der Waals surface area contributed by atoms with Gasteiger partial charge in [-0.15, -0.1) is 0 Å². The van der Waals surface area contributed by atoms with E-state index >= 15 is 0 Å². The standard InChI is InChI=1S/C30H35N5O4S/c1-30(2,3)39-29(36)35-17-16-34(19-22(35)14-15-31)27-25-13-12-21(18-26(25)32-28(33-27)40(4,37)38)24-11-7-9-20-8-5-6-10-23(20)24/h5-11,21-22H,12-14,16-19H2,1-4H3. The van der Waals surface area contributed by atoms with Crippen LogP contribution in [0.5, 0.6) is 0 Å². The molecule has 9 nitrogen and oxygen atoms in total. The van der Waals surface area contributed by atoms with Crippen LogP contribution in [-0.2, 0) is 27.4 Å². The molecule has 5 rings (SSSR count). The summed E-state index contributed by atoms with van der Waals surface area (Å²) in [6.07, 6.45) is 3.01. The number of aromatic nitrogens is 2. The van der Waals surface area contributed by atoms with E-state index in [1.54, 1.807) is 4.90 Å². The molecule has 2 heterocycles. The Bertz CT molecular complexity index is 1590. The Morgan fingerprint density at radius 1 is 1.12 bits per heavy atom. The Morgan fingerprint density at radius 3 is 2.60 bits per heavy atom. The van der Waals surface area contributed by atoms with Gasteiger partial charge in [0.2, 0.25) is 15.0 Å². The summed E-state index contributed by atoms with van der Waals surface area (Å²) in [6.45, 7) is 6.57. The molecule has 3 aromatic rings. The van der Waals surface area contributed by atoms with Gasteiger partial charge < -0.3 is 14.5 Å². The van der Waals surface area contributed by atoms with Crippen molar-refractivity contribution in [2.24, 2.45) is 0 Å². The third-order valence-corrected chi connectivity index (χ3v) is 8.41. The summed E-state index contributed by atoms with van der Waals surface area (Å²) in [4.78, 5) is 25.6. The zero-order valence-corrected chi connectivity index (χ0v) is 24.2. The molecular weight excluding hydrogens is 526 g/mol. The molecule has 2 unspecified atom stereocenters. The van der Waals surface area contributed by atoms with E-state index in [2.05, 4.69) is 46.4 Å². The Kier molecular flexibility index (Phi) is 7.44. The highest BCUT2D eigenvalue weighted by Gasteiger charge is 2.36. The number of nitriles is 1. The molecule has 10 heteroatoms. The van der Waals surface area contributed by atoms with E-state index in [9.17, 15) is 18.5 Å². The number of ether oxygens (including phenoxy) is 1. The summed E-state index contributed by atoms with van der Waals surface area (Å²) >= 11 is 0. The third-order valence-electron chi connectivity index (χ3n) is 7.56. The van der Waals surface area contributed by atoms with Crippen molar-refractivity contribution in [2.45, 2.75) is 69.2 Å². The van der Waals surface area contributed by atoms with Crippen molar-refractivity contribution >= 4 is 32.5 Å². The van der Waals surface area contributed by atoms with Crippen LogP contribution < -0.4 is 4.90 Å². The summed E-state index contributed by atoms with van der Waals surface area (Å²) in [5.74, 6) is 0.790. The fourth-order valence-corrected chi connectivity index (χ4v) is 6.29. The van der Waals surface area contributed by atoms with Crippen molar-refractivity contribution in [1.82, 2.24) is 14.9 Å². The summed E-state index contributed by atoms with van der Waals surface area (Å²) in [6, 6.07) is 16.4. The van der Waals surface area contributed by atoms with Crippen LogP contribution in [0.2, 0.25) is 0 Å². The summed E-state index contributed by atoms with van der Waals surface area (Å²) < 4.78 is 30.9. The van der Waals surface area contributed by atoms with E-state index in [4.69, 9.17) is 4.74 Å². The normalized spacial score (nSPS) is 19.7. The maximum Gasteiger partial charge on any atom is 0.410 e. The van der Waals surface area contributed by atoms with Gasteiger partial charge in [-0.1, -0.05) is 42.5 Å². The van der Waals surface area contributed by atoms with Crippen LogP contribution in [0.4, 0.5) is 10.6 Å². The minimum absolute atomic E-state index is 0.130. The molecule has 0 bridgehead atoms. The molecule has 1 aromatic heterocycles. The van der Waals surface area contributed by atoms with Gasteiger partial charge in [0.05, 0.1) is 24.2 Å². The Morgan fingerprint density at radius 2 is 1.88 bits per heavy atom. The van der Waals surface area contributed by atoms with Crippen molar-refractivity contribution < 1.29 is 17.9 Å². The molecule has 1 saturated heterocycles. The highest BCUT2D eigenvalue weighted by Crippen LogP contribution is 2.39. The maximum atomic E-state index is 12.9. The molecule has 0 radical (unpaired) electrons. The number of piperazine rings is 1. The number of benzene rings is 2. The van der Waals surface area contributed by atoms with Gasteiger partial charge in [0, 0.05) is 31.5 Å². The first-order valence-corrected chi connectivity index (χ1v) is 15.5. The van der Waals surface area contributed by atoms with Crippen molar-refractivity contribution in [3.05, 3.63) is 59.3 Å². The van der Waals surface area contributed by atoms with E-state index in [0.717, 1.165) is 23.9 Å². The summed E-state index contributed by atoms with van der Waals surface area (Å²) in [5.41, 5.74) is 2.29. The highest BCUT2D eigenvalue weighted by molar-refractivity contribution is 7.90. The molecule has 0 N–H and O–H groups in total. The average molecular weight is 562 g/mol. The van der Waals surface area contributed by atoms with Gasteiger partial charge in [-0.05, 0) is 62.3 Å². The van der Waals surface area contributed by atoms with Gasteiger partial charge in [0.25, 0.3) is 0 Å². The lowest BCUT2D eigenvalue weighted by Crippen LogP contribution is -2.56. The van der Waals surface area contributed by atoms with E-state index in [1.807, 2.05) is 37.8 Å². The van der Waals surface area contributed by atoms with Crippen LogP contribution in [0.3, 0.4) is 0 Å². The molecule has 1 amide bonds. The molecular formula is C30H35N5O4S. The van der Waals surface area contributed by atoms with Crippen LogP contribution in [0.25, 0.3) is 10.8 Å². The lowest BCUT2D eigenvalue weighted by Gasteiger charge is -2.42. The third kappa shape index (κ3) is 5.75. The molecule has 1 fully saturated rings. The number of anilines is 1. The van der Waals surface area contributed by atoms with E-state index in [-0.39, 0.29) is 17.5 Å². The first kappa shape index (κ1) is 27.8. The largest absolute Gasteiger partial charge is 0.444 e. The smallest absolute Gasteiger partial charge is 0.410 e. The fraction of sp³-hybridized carbons (Fsp3) is 0.467. The lowest BCUT2D eigenvalue weighted by atomic mass is 9.80. The van der Waals surface area contributed by atoms with Gasteiger partial charge in [0.1, 0.15) is 11.4 Å². The molecule has 0 spiro atoms. The molecule has 210 valence electrons. The number of sulfone groups is 1. The minimum Gasteiger partial charge on any atom is -0.444 e. The second-order valence-corrected chi connectivity index (χ2v) is 13.6. The number of carbonyl (C=O) groups is 1. The second kappa shape index (κ2) is 10.7.